The van der Waals surface area contributed by atoms with Gasteiger partial charge in [0.15, 0.2) is 0 Å². The van der Waals surface area contributed by atoms with E-state index in [0.29, 0.717) is 12.6 Å². The molecule has 0 radical (unpaired) electrons. The van der Waals surface area contributed by atoms with Crippen LogP contribution in [0.4, 0.5) is 0 Å². The Morgan fingerprint density at radius 3 is 2.47 bits per heavy atom. The summed E-state index contributed by atoms with van der Waals surface area (Å²) in [5.74, 6) is 0. The fraction of sp³-hybridized carbons (Fsp3) is 0.571. The highest BCUT2D eigenvalue weighted by molar-refractivity contribution is 5.15. The van der Waals surface area contributed by atoms with Crippen LogP contribution in [0.15, 0.2) is 30.3 Å². The Kier molecular flexibility index (Phi) is 6.86. The molecule has 1 rings (SSSR count). The lowest BCUT2D eigenvalue weighted by atomic mass is 10.1. The number of benzene rings is 1. The summed E-state index contributed by atoms with van der Waals surface area (Å²) in [7, 11) is 1.70. The van der Waals surface area contributed by atoms with Crippen molar-refractivity contribution in [3.8, 4) is 0 Å². The predicted octanol–water partition coefficient (Wildman–Crippen LogP) is 1.60. The number of methoxy groups -OCH3 is 1. The molecule has 96 valence electrons. The van der Waals surface area contributed by atoms with Crippen LogP contribution in [0.5, 0.6) is 0 Å². The fourth-order valence-electron chi connectivity index (χ4n) is 1.89. The molecule has 2 N–H and O–H groups in total. The lowest BCUT2D eigenvalue weighted by molar-refractivity contribution is 0.146. The van der Waals surface area contributed by atoms with Crippen molar-refractivity contribution in [2.75, 3.05) is 20.3 Å². The lowest BCUT2D eigenvalue weighted by Gasteiger charge is -2.23. The Hall–Kier alpha value is -0.900. The van der Waals surface area contributed by atoms with Crippen LogP contribution >= 0.6 is 0 Å². The second kappa shape index (κ2) is 8.23. The summed E-state index contributed by atoms with van der Waals surface area (Å²) in [6, 6.07) is 10.6. The Labute approximate surface area is 104 Å². The minimum atomic E-state index is 0.0949. The van der Waals surface area contributed by atoms with Gasteiger partial charge in [0.2, 0.25) is 0 Å². The zero-order valence-electron chi connectivity index (χ0n) is 10.7. The third kappa shape index (κ3) is 5.31. The van der Waals surface area contributed by atoms with Gasteiger partial charge in [0.25, 0.3) is 0 Å². The van der Waals surface area contributed by atoms with E-state index in [0.717, 1.165) is 12.8 Å². The van der Waals surface area contributed by atoms with Gasteiger partial charge in [-0.05, 0) is 18.4 Å². The largest absolute Gasteiger partial charge is 0.395 e. The zero-order chi connectivity index (χ0) is 12.5. The summed E-state index contributed by atoms with van der Waals surface area (Å²) in [5.41, 5.74) is 1.24. The third-order valence-electron chi connectivity index (χ3n) is 2.88. The number of aliphatic hydroxyl groups excluding tert-OH is 1. The first-order valence-corrected chi connectivity index (χ1v) is 6.19. The molecule has 0 heterocycles. The molecule has 3 heteroatoms. The molecule has 0 aliphatic carbocycles. The van der Waals surface area contributed by atoms with Gasteiger partial charge < -0.3 is 15.2 Å². The normalized spacial score (nSPS) is 14.5. The predicted molar refractivity (Wildman–Crippen MR) is 70.1 cm³/mol. The second-order valence-electron chi connectivity index (χ2n) is 4.30. The quantitative estimate of drug-likeness (QED) is 0.721. The minimum absolute atomic E-state index is 0.0949. The molecule has 2 atom stereocenters. The van der Waals surface area contributed by atoms with Crippen molar-refractivity contribution in [1.29, 1.82) is 0 Å². The maximum Gasteiger partial charge on any atom is 0.0615 e. The molecule has 1 aromatic rings. The van der Waals surface area contributed by atoms with Crippen LogP contribution < -0.4 is 5.32 Å². The molecular formula is C14H23NO2. The van der Waals surface area contributed by atoms with Gasteiger partial charge in [-0.15, -0.1) is 0 Å². The summed E-state index contributed by atoms with van der Waals surface area (Å²) >= 11 is 0. The Balaban J connectivity index is 2.48. The number of hydrogen-bond donors (Lipinski definition) is 2. The van der Waals surface area contributed by atoms with Crippen molar-refractivity contribution < 1.29 is 9.84 Å². The number of nitrogens with one attached hydrogen (secondary N) is 1. The van der Waals surface area contributed by atoms with E-state index in [9.17, 15) is 5.11 Å². The van der Waals surface area contributed by atoms with E-state index in [2.05, 4.69) is 24.4 Å². The van der Waals surface area contributed by atoms with Crippen LogP contribution in [-0.4, -0.2) is 37.5 Å². The number of rotatable bonds is 8. The van der Waals surface area contributed by atoms with Crippen molar-refractivity contribution >= 4 is 0 Å². The molecule has 0 aliphatic heterocycles. The highest BCUT2D eigenvalue weighted by atomic mass is 16.5. The average molecular weight is 237 g/mol. The van der Waals surface area contributed by atoms with E-state index in [1.54, 1.807) is 7.11 Å². The summed E-state index contributed by atoms with van der Waals surface area (Å²) in [6.45, 7) is 2.95. The summed E-state index contributed by atoms with van der Waals surface area (Å²) in [6.07, 6.45) is 1.84. The molecule has 0 spiro atoms. The Morgan fingerprint density at radius 2 is 1.94 bits per heavy atom. The molecular weight excluding hydrogens is 214 g/mol. The van der Waals surface area contributed by atoms with E-state index in [1.165, 1.54) is 5.56 Å². The molecule has 1 unspecified atom stereocenters. The molecule has 1 aromatic carbocycles. The smallest absolute Gasteiger partial charge is 0.0615 e. The topological polar surface area (TPSA) is 41.5 Å². The molecule has 17 heavy (non-hydrogen) atoms. The van der Waals surface area contributed by atoms with E-state index in [1.807, 2.05) is 18.2 Å². The first-order chi connectivity index (χ1) is 8.30. The first-order valence-electron chi connectivity index (χ1n) is 6.19. The second-order valence-corrected chi connectivity index (χ2v) is 4.30. The highest BCUT2D eigenvalue weighted by Gasteiger charge is 2.13. The minimum Gasteiger partial charge on any atom is -0.395 e. The van der Waals surface area contributed by atoms with Crippen LogP contribution in [0.3, 0.4) is 0 Å². The van der Waals surface area contributed by atoms with Crippen molar-refractivity contribution in [2.45, 2.75) is 31.8 Å². The number of hydrogen-bond acceptors (Lipinski definition) is 3. The van der Waals surface area contributed by atoms with Crippen molar-refractivity contribution in [2.24, 2.45) is 0 Å². The van der Waals surface area contributed by atoms with Crippen LogP contribution in [0, 0.1) is 0 Å². The summed E-state index contributed by atoms with van der Waals surface area (Å²) in [4.78, 5) is 0. The standard InChI is InChI=1S/C14H23NO2/c1-3-13(11-17-2)15-14(10-16)9-12-7-5-4-6-8-12/h4-8,13-16H,3,9-11H2,1-2H3/t13?,14-/m1/s1. The fourth-order valence-corrected chi connectivity index (χ4v) is 1.89. The maximum absolute atomic E-state index is 9.40. The van der Waals surface area contributed by atoms with Gasteiger partial charge in [-0.25, -0.2) is 0 Å². The van der Waals surface area contributed by atoms with Gasteiger partial charge >= 0.3 is 0 Å². The lowest BCUT2D eigenvalue weighted by Crippen LogP contribution is -2.43. The number of ether oxygens (including phenoxy) is 1. The van der Waals surface area contributed by atoms with Gasteiger partial charge in [-0.1, -0.05) is 37.3 Å². The van der Waals surface area contributed by atoms with E-state index >= 15 is 0 Å². The number of aliphatic hydroxyl groups is 1. The van der Waals surface area contributed by atoms with Gasteiger partial charge in [0.05, 0.1) is 13.2 Å². The van der Waals surface area contributed by atoms with Gasteiger partial charge in [0.1, 0.15) is 0 Å². The van der Waals surface area contributed by atoms with Crippen LogP contribution in [0.1, 0.15) is 18.9 Å². The molecule has 3 nitrogen and oxygen atoms in total. The van der Waals surface area contributed by atoms with Crippen molar-refractivity contribution in [1.82, 2.24) is 5.32 Å². The monoisotopic (exact) mass is 237 g/mol. The van der Waals surface area contributed by atoms with Crippen molar-refractivity contribution in [3.63, 3.8) is 0 Å². The van der Waals surface area contributed by atoms with Crippen molar-refractivity contribution in [3.05, 3.63) is 35.9 Å². The van der Waals surface area contributed by atoms with E-state index in [4.69, 9.17) is 4.74 Å². The van der Waals surface area contributed by atoms with E-state index < -0.39 is 0 Å². The molecule has 0 saturated heterocycles. The van der Waals surface area contributed by atoms with Crippen LogP contribution in [0.2, 0.25) is 0 Å². The molecule has 0 fully saturated rings. The Bertz CT molecular complexity index is 290. The summed E-state index contributed by atoms with van der Waals surface area (Å²) < 4.78 is 5.15. The van der Waals surface area contributed by atoms with Crippen LogP contribution in [-0.2, 0) is 11.2 Å². The van der Waals surface area contributed by atoms with Gasteiger partial charge in [0, 0.05) is 19.2 Å². The first kappa shape index (κ1) is 14.2. The van der Waals surface area contributed by atoms with E-state index in [-0.39, 0.29) is 12.6 Å². The van der Waals surface area contributed by atoms with Crippen LogP contribution in [0.25, 0.3) is 0 Å². The van der Waals surface area contributed by atoms with Gasteiger partial charge in [-0.2, -0.15) is 0 Å². The molecule has 0 amide bonds. The Morgan fingerprint density at radius 1 is 1.24 bits per heavy atom. The SMILES string of the molecule is CCC(COC)N[C@@H](CO)Cc1ccccc1. The summed E-state index contributed by atoms with van der Waals surface area (Å²) in [5, 5.41) is 12.8. The average Bonchev–Trinajstić information content (AvgIpc) is 2.38. The highest BCUT2D eigenvalue weighted by Crippen LogP contribution is 2.04. The molecule has 0 bridgehead atoms. The third-order valence-corrected chi connectivity index (χ3v) is 2.88. The molecule has 0 aliphatic rings. The molecule has 0 saturated carbocycles. The van der Waals surface area contributed by atoms with Gasteiger partial charge in [-0.3, -0.25) is 0 Å². The zero-order valence-corrected chi connectivity index (χ0v) is 10.7. The molecule has 0 aromatic heterocycles. The maximum atomic E-state index is 9.40.